The largest absolute Gasteiger partial charge is 0.348 e. The van der Waals surface area contributed by atoms with E-state index < -0.39 is 17.7 Å². The second-order valence-electron chi connectivity index (χ2n) is 5.91. The van der Waals surface area contributed by atoms with Crippen LogP contribution >= 0.6 is 0 Å². The number of fused-ring (bicyclic) bond motifs is 1. The van der Waals surface area contributed by atoms with Crippen molar-refractivity contribution in [2.75, 3.05) is 13.1 Å². The second kappa shape index (κ2) is 7.04. The average Bonchev–Trinajstić information content (AvgIpc) is 3.07. The van der Waals surface area contributed by atoms with E-state index in [4.69, 9.17) is 0 Å². The number of nitrogens with zero attached hydrogens (tertiary/aromatic N) is 2. The van der Waals surface area contributed by atoms with Crippen molar-refractivity contribution in [1.29, 1.82) is 0 Å². The molecule has 0 unspecified atom stereocenters. The smallest absolute Gasteiger partial charge is 0.242 e. The number of amides is 2. The fourth-order valence-corrected chi connectivity index (χ4v) is 3.10. The van der Waals surface area contributed by atoms with Gasteiger partial charge in [-0.25, -0.2) is 8.78 Å². The van der Waals surface area contributed by atoms with Gasteiger partial charge in [0, 0.05) is 43.0 Å². The highest BCUT2D eigenvalue weighted by Crippen LogP contribution is 2.34. The van der Waals surface area contributed by atoms with Crippen molar-refractivity contribution in [2.45, 2.75) is 25.9 Å². The lowest BCUT2D eigenvalue weighted by atomic mass is 9.99. The summed E-state index contributed by atoms with van der Waals surface area (Å²) in [4.78, 5) is 25.6. The summed E-state index contributed by atoms with van der Waals surface area (Å²) in [6.45, 7) is 2.51. The van der Waals surface area contributed by atoms with E-state index in [0.29, 0.717) is 13.1 Å². The zero-order chi connectivity index (χ0) is 18.0. The third-order valence-electron chi connectivity index (χ3n) is 4.37. The van der Waals surface area contributed by atoms with Crippen LogP contribution in [0.4, 0.5) is 8.78 Å². The Hall–Kier alpha value is -2.70. The molecule has 1 aromatic carbocycles. The third-order valence-corrected chi connectivity index (χ3v) is 4.37. The topological polar surface area (TPSA) is 54.3 Å². The lowest BCUT2D eigenvalue weighted by molar-refractivity contribution is -0.135. The molecule has 0 bridgehead atoms. The number of hydrogen-bond donors (Lipinski definition) is 1. The lowest BCUT2D eigenvalue weighted by Gasteiger charge is -2.37. The quantitative estimate of drug-likeness (QED) is 0.922. The molecule has 0 fully saturated rings. The number of carbonyl (C=O) groups excluding carboxylic acids is 2. The zero-order valence-corrected chi connectivity index (χ0v) is 13.8. The molecule has 1 aliphatic rings. The molecule has 0 aliphatic carbocycles. The molecule has 1 N–H and O–H groups in total. The predicted molar refractivity (Wildman–Crippen MR) is 87.6 cm³/mol. The maximum Gasteiger partial charge on any atom is 0.242 e. The Morgan fingerprint density at radius 2 is 2.04 bits per heavy atom. The SMILES string of the molecule is CCC(=O)NCC(=O)N1CCn2cccc2[C@@H]1c1ccc(F)cc1F. The molecule has 0 spiro atoms. The number of benzene rings is 1. The van der Waals surface area contributed by atoms with Crippen LogP contribution in [0.15, 0.2) is 36.5 Å². The van der Waals surface area contributed by atoms with Gasteiger partial charge in [0.05, 0.1) is 6.54 Å². The summed E-state index contributed by atoms with van der Waals surface area (Å²) in [5.41, 5.74) is 0.989. The van der Waals surface area contributed by atoms with Crippen LogP contribution in [-0.4, -0.2) is 34.4 Å². The fraction of sp³-hybridized carbons (Fsp3) is 0.333. The van der Waals surface area contributed by atoms with E-state index in [1.165, 1.54) is 17.0 Å². The molecule has 0 saturated carbocycles. The normalized spacial score (nSPS) is 16.4. The Bertz CT molecular complexity index is 803. The van der Waals surface area contributed by atoms with Gasteiger partial charge in [-0.15, -0.1) is 0 Å². The van der Waals surface area contributed by atoms with E-state index in [9.17, 15) is 18.4 Å². The van der Waals surface area contributed by atoms with Gasteiger partial charge in [-0.1, -0.05) is 13.0 Å². The minimum absolute atomic E-state index is 0.146. The monoisotopic (exact) mass is 347 g/mol. The van der Waals surface area contributed by atoms with Crippen LogP contribution in [0.2, 0.25) is 0 Å². The van der Waals surface area contributed by atoms with E-state index in [2.05, 4.69) is 5.32 Å². The van der Waals surface area contributed by atoms with Gasteiger partial charge in [0.2, 0.25) is 11.8 Å². The maximum absolute atomic E-state index is 14.4. The van der Waals surface area contributed by atoms with Crippen LogP contribution in [0.1, 0.15) is 30.6 Å². The summed E-state index contributed by atoms with van der Waals surface area (Å²) in [6, 6.07) is 6.35. The minimum atomic E-state index is -0.699. The highest BCUT2D eigenvalue weighted by Gasteiger charge is 2.33. The third kappa shape index (κ3) is 3.40. The van der Waals surface area contributed by atoms with Gasteiger partial charge < -0.3 is 14.8 Å². The Kier molecular flexibility index (Phi) is 4.83. The Balaban J connectivity index is 1.94. The molecule has 0 saturated heterocycles. The van der Waals surface area contributed by atoms with Crippen LogP contribution < -0.4 is 5.32 Å². The van der Waals surface area contributed by atoms with Gasteiger partial charge in [-0.3, -0.25) is 9.59 Å². The summed E-state index contributed by atoms with van der Waals surface area (Å²) < 4.78 is 29.6. The van der Waals surface area contributed by atoms with Crippen molar-refractivity contribution in [2.24, 2.45) is 0 Å². The standard InChI is InChI=1S/C18H19F2N3O2/c1-2-16(24)21-11-17(25)23-9-8-22-7-3-4-15(22)18(23)13-6-5-12(19)10-14(13)20/h3-7,10,18H,2,8-9,11H2,1H3,(H,21,24)/t18-/m0/s1. The number of aromatic nitrogens is 1. The molecule has 2 heterocycles. The Morgan fingerprint density at radius 1 is 1.24 bits per heavy atom. The van der Waals surface area contributed by atoms with Crippen LogP contribution in [0.25, 0.3) is 0 Å². The second-order valence-corrected chi connectivity index (χ2v) is 5.91. The molecule has 132 valence electrons. The van der Waals surface area contributed by atoms with Crippen LogP contribution in [0.3, 0.4) is 0 Å². The van der Waals surface area contributed by atoms with Crippen molar-refractivity contribution < 1.29 is 18.4 Å². The molecular formula is C18H19F2N3O2. The van der Waals surface area contributed by atoms with Gasteiger partial charge in [0.25, 0.3) is 0 Å². The van der Waals surface area contributed by atoms with E-state index in [-0.39, 0.29) is 30.3 Å². The molecule has 25 heavy (non-hydrogen) atoms. The van der Waals surface area contributed by atoms with E-state index in [0.717, 1.165) is 11.8 Å². The van der Waals surface area contributed by atoms with E-state index in [1.54, 1.807) is 6.92 Å². The number of carbonyl (C=O) groups is 2. The number of halogens is 2. The van der Waals surface area contributed by atoms with Gasteiger partial charge in [0.15, 0.2) is 0 Å². The molecule has 5 nitrogen and oxygen atoms in total. The molecule has 1 atom stereocenters. The molecule has 1 aliphatic heterocycles. The van der Waals surface area contributed by atoms with Crippen molar-refractivity contribution in [3.05, 3.63) is 59.4 Å². The van der Waals surface area contributed by atoms with Gasteiger partial charge in [-0.2, -0.15) is 0 Å². The average molecular weight is 347 g/mol. The Labute approximate surface area is 144 Å². The summed E-state index contributed by atoms with van der Waals surface area (Å²) in [5.74, 6) is -1.89. The number of rotatable bonds is 4. The first-order valence-electron chi connectivity index (χ1n) is 8.17. The maximum atomic E-state index is 14.4. The predicted octanol–water partition coefficient (Wildman–Crippen LogP) is 2.22. The van der Waals surface area contributed by atoms with Crippen molar-refractivity contribution in [1.82, 2.24) is 14.8 Å². The van der Waals surface area contributed by atoms with E-state index >= 15 is 0 Å². The van der Waals surface area contributed by atoms with Crippen molar-refractivity contribution in [3.8, 4) is 0 Å². The lowest BCUT2D eigenvalue weighted by Crippen LogP contribution is -2.46. The summed E-state index contributed by atoms with van der Waals surface area (Å²) in [7, 11) is 0. The van der Waals surface area contributed by atoms with Gasteiger partial charge in [0.1, 0.15) is 17.7 Å². The van der Waals surface area contributed by atoms with Crippen molar-refractivity contribution in [3.63, 3.8) is 0 Å². The first-order valence-corrected chi connectivity index (χ1v) is 8.17. The minimum Gasteiger partial charge on any atom is -0.348 e. The molecule has 1 aromatic heterocycles. The molecule has 2 aromatic rings. The summed E-state index contributed by atoms with van der Waals surface area (Å²) in [6.07, 6.45) is 2.15. The molecule has 2 amide bonds. The zero-order valence-electron chi connectivity index (χ0n) is 13.8. The van der Waals surface area contributed by atoms with E-state index in [1.807, 2.05) is 22.9 Å². The molecule has 3 rings (SSSR count). The Morgan fingerprint density at radius 3 is 2.76 bits per heavy atom. The van der Waals surface area contributed by atoms with Crippen molar-refractivity contribution >= 4 is 11.8 Å². The van der Waals surface area contributed by atoms with Crippen LogP contribution in [-0.2, 0) is 16.1 Å². The molecule has 0 radical (unpaired) electrons. The number of hydrogen-bond acceptors (Lipinski definition) is 2. The highest BCUT2D eigenvalue weighted by molar-refractivity contribution is 5.85. The highest BCUT2D eigenvalue weighted by atomic mass is 19.1. The molecule has 7 heteroatoms. The first kappa shape index (κ1) is 17.1. The van der Waals surface area contributed by atoms with Crippen LogP contribution in [0.5, 0.6) is 0 Å². The van der Waals surface area contributed by atoms with Crippen LogP contribution in [0, 0.1) is 11.6 Å². The number of nitrogens with one attached hydrogen (secondary N) is 1. The molecular weight excluding hydrogens is 328 g/mol. The first-order chi connectivity index (χ1) is 12.0. The summed E-state index contributed by atoms with van der Waals surface area (Å²) in [5, 5.41) is 2.55. The summed E-state index contributed by atoms with van der Waals surface area (Å²) >= 11 is 0. The fourth-order valence-electron chi connectivity index (χ4n) is 3.10. The van der Waals surface area contributed by atoms with Gasteiger partial charge >= 0.3 is 0 Å². The van der Waals surface area contributed by atoms with Gasteiger partial charge in [-0.05, 0) is 18.2 Å².